The van der Waals surface area contributed by atoms with Crippen LogP contribution in [0.1, 0.15) is 31.9 Å². The summed E-state index contributed by atoms with van der Waals surface area (Å²) in [6.07, 6.45) is 0. The van der Waals surface area contributed by atoms with E-state index in [1.807, 2.05) is 19.1 Å². The molecule has 1 aliphatic rings. The van der Waals surface area contributed by atoms with Crippen LogP contribution < -0.4 is 11.1 Å². The molecule has 1 aromatic rings. The van der Waals surface area contributed by atoms with Gasteiger partial charge < -0.3 is 11.1 Å². The number of hydrogen-bond acceptors (Lipinski definition) is 3. The summed E-state index contributed by atoms with van der Waals surface area (Å²) in [6.45, 7) is 8.36. The fraction of sp³-hybridized carbons (Fsp3) is 0.533. The van der Waals surface area contributed by atoms with Gasteiger partial charge in [0.05, 0.1) is 6.54 Å². The van der Waals surface area contributed by atoms with Gasteiger partial charge in [-0.25, -0.2) is 0 Å². The molecule has 1 aliphatic heterocycles. The molecule has 2 rings (SSSR count). The number of nitrogens with zero attached hydrogens (tertiary/aromatic N) is 1. The third-order valence-electron chi connectivity index (χ3n) is 3.77. The van der Waals surface area contributed by atoms with Crippen molar-refractivity contribution in [2.24, 2.45) is 5.92 Å². The number of amides is 1. The Morgan fingerprint density at radius 2 is 2.00 bits per heavy atom. The van der Waals surface area contributed by atoms with Gasteiger partial charge in [-0.05, 0) is 36.1 Å². The van der Waals surface area contributed by atoms with Gasteiger partial charge in [0.25, 0.3) is 0 Å². The molecule has 0 fully saturated rings. The molecule has 4 heteroatoms. The van der Waals surface area contributed by atoms with Crippen LogP contribution >= 0.6 is 0 Å². The van der Waals surface area contributed by atoms with Crippen molar-refractivity contribution in [1.29, 1.82) is 0 Å². The first-order valence-electron chi connectivity index (χ1n) is 6.84. The molecule has 4 nitrogen and oxygen atoms in total. The monoisotopic (exact) mass is 261 g/mol. The summed E-state index contributed by atoms with van der Waals surface area (Å²) in [4.78, 5) is 14.1. The van der Waals surface area contributed by atoms with Crippen LogP contribution in [-0.4, -0.2) is 23.4 Å². The SMILES string of the molecule is CC(C)C(C)NC(=O)CN1Cc2ccc(N)cc2C1. The molecule has 1 aromatic carbocycles. The molecule has 1 atom stereocenters. The minimum Gasteiger partial charge on any atom is -0.399 e. The van der Waals surface area contributed by atoms with Crippen LogP contribution in [0.25, 0.3) is 0 Å². The molecule has 0 spiro atoms. The molecule has 0 aliphatic carbocycles. The van der Waals surface area contributed by atoms with Crippen molar-refractivity contribution in [2.75, 3.05) is 12.3 Å². The zero-order valence-corrected chi connectivity index (χ0v) is 11.9. The van der Waals surface area contributed by atoms with Crippen LogP contribution in [0, 0.1) is 5.92 Å². The number of benzene rings is 1. The van der Waals surface area contributed by atoms with Crippen molar-refractivity contribution < 1.29 is 4.79 Å². The number of fused-ring (bicyclic) bond motifs is 1. The quantitative estimate of drug-likeness (QED) is 0.812. The lowest BCUT2D eigenvalue weighted by Gasteiger charge is -2.20. The summed E-state index contributed by atoms with van der Waals surface area (Å²) in [5.74, 6) is 0.557. The van der Waals surface area contributed by atoms with E-state index in [4.69, 9.17) is 5.73 Å². The number of rotatable bonds is 4. The first-order chi connectivity index (χ1) is 8.95. The fourth-order valence-corrected chi connectivity index (χ4v) is 2.27. The van der Waals surface area contributed by atoms with Crippen LogP contribution in [0.15, 0.2) is 18.2 Å². The van der Waals surface area contributed by atoms with Crippen LogP contribution in [-0.2, 0) is 17.9 Å². The van der Waals surface area contributed by atoms with Crippen molar-refractivity contribution in [2.45, 2.75) is 39.9 Å². The molecule has 0 bridgehead atoms. The van der Waals surface area contributed by atoms with Gasteiger partial charge in [0.1, 0.15) is 0 Å². The molecular formula is C15H23N3O. The lowest BCUT2D eigenvalue weighted by molar-refractivity contribution is -0.123. The van der Waals surface area contributed by atoms with E-state index in [0.29, 0.717) is 12.5 Å². The molecule has 1 unspecified atom stereocenters. The summed E-state index contributed by atoms with van der Waals surface area (Å²) < 4.78 is 0. The molecule has 0 saturated heterocycles. The smallest absolute Gasteiger partial charge is 0.234 e. The Bertz CT molecular complexity index is 470. The maximum absolute atomic E-state index is 12.0. The second-order valence-electron chi connectivity index (χ2n) is 5.77. The van der Waals surface area contributed by atoms with Crippen molar-refractivity contribution in [1.82, 2.24) is 10.2 Å². The Morgan fingerprint density at radius 3 is 2.68 bits per heavy atom. The number of nitrogens with one attached hydrogen (secondary N) is 1. The Hall–Kier alpha value is -1.55. The minimum atomic E-state index is 0.0991. The number of nitrogen functional groups attached to an aromatic ring is 1. The number of carbonyl (C=O) groups excluding carboxylic acids is 1. The van der Waals surface area contributed by atoms with E-state index >= 15 is 0 Å². The van der Waals surface area contributed by atoms with E-state index in [9.17, 15) is 4.79 Å². The molecule has 1 amide bonds. The molecular weight excluding hydrogens is 238 g/mol. The van der Waals surface area contributed by atoms with E-state index in [2.05, 4.69) is 30.1 Å². The predicted octanol–water partition coefficient (Wildman–Crippen LogP) is 1.75. The number of anilines is 1. The summed E-state index contributed by atoms with van der Waals surface area (Å²) >= 11 is 0. The number of carbonyl (C=O) groups is 1. The molecule has 0 radical (unpaired) electrons. The van der Waals surface area contributed by atoms with Gasteiger partial charge >= 0.3 is 0 Å². The lowest BCUT2D eigenvalue weighted by atomic mass is 10.1. The predicted molar refractivity (Wildman–Crippen MR) is 77.4 cm³/mol. The molecule has 19 heavy (non-hydrogen) atoms. The molecule has 104 valence electrons. The molecule has 0 aromatic heterocycles. The summed E-state index contributed by atoms with van der Waals surface area (Å²) in [5, 5.41) is 3.04. The van der Waals surface area contributed by atoms with Gasteiger partial charge in [-0.2, -0.15) is 0 Å². The van der Waals surface area contributed by atoms with Crippen molar-refractivity contribution in [3.8, 4) is 0 Å². The van der Waals surface area contributed by atoms with Gasteiger partial charge in [-0.15, -0.1) is 0 Å². The van der Waals surface area contributed by atoms with Gasteiger partial charge in [0, 0.05) is 24.8 Å². The van der Waals surface area contributed by atoms with Crippen LogP contribution in [0.4, 0.5) is 5.69 Å². The zero-order chi connectivity index (χ0) is 14.0. The van der Waals surface area contributed by atoms with Crippen molar-refractivity contribution >= 4 is 11.6 Å². The summed E-state index contributed by atoms with van der Waals surface area (Å²) in [7, 11) is 0. The third kappa shape index (κ3) is 3.47. The van der Waals surface area contributed by atoms with E-state index < -0.39 is 0 Å². The second kappa shape index (κ2) is 5.61. The molecule has 3 N–H and O–H groups in total. The highest BCUT2D eigenvalue weighted by Crippen LogP contribution is 2.24. The fourth-order valence-electron chi connectivity index (χ4n) is 2.27. The van der Waals surface area contributed by atoms with E-state index in [1.165, 1.54) is 11.1 Å². The topological polar surface area (TPSA) is 58.4 Å². The normalized spacial score (nSPS) is 16.4. The lowest BCUT2D eigenvalue weighted by Crippen LogP contribution is -2.41. The van der Waals surface area contributed by atoms with Gasteiger partial charge in [0.2, 0.25) is 5.91 Å². The minimum absolute atomic E-state index is 0.0991. The first-order valence-corrected chi connectivity index (χ1v) is 6.84. The highest BCUT2D eigenvalue weighted by Gasteiger charge is 2.21. The average molecular weight is 261 g/mol. The standard InChI is InChI=1S/C15H23N3O/c1-10(2)11(3)17-15(19)9-18-7-12-4-5-14(16)6-13(12)8-18/h4-6,10-11H,7-9,16H2,1-3H3,(H,17,19). The molecule has 0 saturated carbocycles. The van der Waals surface area contributed by atoms with E-state index in [1.54, 1.807) is 0 Å². The Kier molecular flexibility index (Phi) is 4.10. The Balaban J connectivity index is 1.88. The summed E-state index contributed by atoms with van der Waals surface area (Å²) in [5.41, 5.74) is 9.09. The number of hydrogen-bond donors (Lipinski definition) is 2. The maximum Gasteiger partial charge on any atom is 0.234 e. The zero-order valence-electron chi connectivity index (χ0n) is 11.9. The van der Waals surface area contributed by atoms with Gasteiger partial charge in [-0.1, -0.05) is 19.9 Å². The van der Waals surface area contributed by atoms with E-state index in [0.717, 1.165) is 18.8 Å². The van der Waals surface area contributed by atoms with Crippen LogP contribution in [0.3, 0.4) is 0 Å². The van der Waals surface area contributed by atoms with Gasteiger partial charge in [-0.3, -0.25) is 9.69 Å². The largest absolute Gasteiger partial charge is 0.399 e. The Morgan fingerprint density at radius 1 is 1.32 bits per heavy atom. The van der Waals surface area contributed by atoms with Crippen LogP contribution in [0.2, 0.25) is 0 Å². The van der Waals surface area contributed by atoms with Crippen LogP contribution in [0.5, 0.6) is 0 Å². The van der Waals surface area contributed by atoms with Crippen molar-refractivity contribution in [3.63, 3.8) is 0 Å². The summed E-state index contributed by atoms with van der Waals surface area (Å²) in [6, 6.07) is 6.19. The van der Waals surface area contributed by atoms with Gasteiger partial charge in [0.15, 0.2) is 0 Å². The highest BCUT2D eigenvalue weighted by atomic mass is 16.2. The third-order valence-corrected chi connectivity index (χ3v) is 3.77. The second-order valence-corrected chi connectivity index (χ2v) is 5.77. The molecule has 1 heterocycles. The highest BCUT2D eigenvalue weighted by molar-refractivity contribution is 5.78. The number of nitrogens with two attached hydrogens (primary N) is 1. The Labute approximate surface area is 115 Å². The van der Waals surface area contributed by atoms with E-state index in [-0.39, 0.29) is 11.9 Å². The average Bonchev–Trinajstić information content (AvgIpc) is 2.69. The first kappa shape index (κ1) is 13.9. The van der Waals surface area contributed by atoms with Crippen molar-refractivity contribution in [3.05, 3.63) is 29.3 Å². The maximum atomic E-state index is 12.0.